The molecule has 0 radical (unpaired) electrons. The van der Waals surface area contributed by atoms with Gasteiger partial charge in [-0.15, -0.1) is 0 Å². The van der Waals surface area contributed by atoms with Crippen LogP contribution in [0.3, 0.4) is 0 Å². The highest BCUT2D eigenvalue weighted by atomic mass is 79.9. The number of hydrogen-bond donors (Lipinski definition) is 1. The van der Waals surface area contributed by atoms with Crippen molar-refractivity contribution in [2.24, 2.45) is 0 Å². The van der Waals surface area contributed by atoms with Crippen LogP contribution in [0.25, 0.3) is 10.8 Å². The second-order valence-electron chi connectivity index (χ2n) is 7.27. The van der Waals surface area contributed by atoms with Crippen molar-refractivity contribution in [1.82, 2.24) is 0 Å². The van der Waals surface area contributed by atoms with E-state index < -0.39 is 12.6 Å². The number of benzene rings is 4. The predicted octanol–water partition coefficient (Wildman–Crippen LogP) is 6.89. The normalized spacial score (nSPS) is 10.8. The zero-order chi connectivity index (χ0) is 22.5. The predicted molar refractivity (Wildman–Crippen MR) is 130 cm³/mol. The van der Waals surface area contributed by atoms with E-state index in [1.54, 1.807) is 6.07 Å². The molecular weight excluding hydrogens is 492 g/mol. The Bertz CT molecular complexity index is 1260. The van der Waals surface area contributed by atoms with E-state index in [1.165, 1.54) is 0 Å². The van der Waals surface area contributed by atoms with Crippen LogP contribution in [-0.4, -0.2) is 17.7 Å². The van der Waals surface area contributed by atoms with Crippen LogP contribution in [0.15, 0.2) is 83.3 Å². The molecule has 0 spiro atoms. The zero-order valence-electron chi connectivity index (χ0n) is 17.1. The molecule has 162 valence electrons. The molecule has 0 fully saturated rings. The van der Waals surface area contributed by atoms with E-state index in [0.29, 0.717) is 29.5 Å². The van der Waals surface area contributed by atoms with Crippen molar-refractivity contribution >= 4 is 44.3 Å². The van der Waals surface area contributed by atoms with E-state index in [-0.39, 0.29) is 0 Å². The number of carboxylic acids is 1. The number of aliphatic carboxylic acids is 1. The molecule has 0 bridgehead atoms. The third-order valence-corrected chi connectivity index (χ3v) is 6.04. The summed E-state index contributed by atoms with van der Waals surface area (Å²) in [5.74, 6) is 0.171. The number of fused-ring (bicyclic) bond motifs is 1. The van der Waals surface area contributed by atoms with E-state index >= 15 is 0 Å². The van der Waals surface area contributed by atoms with Crippen molar-refractivity contribution in [3.63, 3.8) is 0 Å². The fourth-order valence-corrected chi connectivity index (χ4v) is 4.18. The summed E-state index contributed by atoms with van der Waals surface area (Å²) in [4.78, 5) is 11.1. The average molecular weight is 512 g/mol. The van der Waals surface area contributed by atoms with Gasteiger partial charge in [0.15, 0.2) is 6.61 Å². The second-order valence-corrected chi connectivity index (χ2v) is 8.53. The Balaban J connectivity index is 1.76. The summed E-state index contributed by atoms with van der Waals surface area (Å²) < 4.78 is 12.5. The third kappa shape index (κ3) is 5.23. The summed E-state index contributed by atoms with van der Waals surface area (Å²) in [6, 6.07) is 25.2. The van der Waals surface area contributed by atoms with Gasteiger partial charge in [-0.2, -0.15) is 0 Å². The van der Waals surface area contributed by atoms with Gasteiger partial charge in [0.2, 0.25) is 0 Å². The second kappa shape index (κ2) is 10.1. The molecule has 0 atom stereocenters. The fourth-order valence-electron chi connectivity index (χ4n) is 3.50. The smallest absolute Gasteiger partial charge is 0.341 e. The number of halogens is 2. The Labute approximate surface area is 199 Å². The molecule has 4 rings (SSSR count). The highest BCUT2D eigenvalue weighted by Crippen LogP contribution is 2.37. The maximum Gasteiger partial charge on any atom is 0.341 e. The van der Waals surface area contributed by atoms with Crippen molar-refractivity contribution in [2.45, 2.75) is 13.0 Å². The Hall–Kier alpha value is -3.02. The van der Waals surface area contributed by atoms with E-state index in [2.05, 4.69) is 15.9 Å². The van der Waals surface area contributed by atoms with Crippen molar-refractivity contribution < 1.29 is 19.4 Å². The molecular formula is C26H20BrClO4. The monoisotopic (exact) mass is 510 g/mol. The third-order valence-electron chi connectivity index (χ3n) is 5.05. The molecule has 4 aromatic rings. The van der Waals surface area contributed by atoms with Gasteiger partial charge in [-0.05, 0) is 62.1 Å². The molecule has 0 amide bonds. The molecule has 0 aliphatic rings. The van der Waals surface area contributed by atoms with Crippen molar-refractivity contribution in [3.05, 3.63) is 105 Å². The van der Waals surface area contributed by atoms with Crippen LogP contribution >= 0.6 is 27.5 Å². The van der Waals surface area contributed by atoms with Gasteiger partial charge in [0.25, 0.3) is 0 Å². The van der Waals surface area contributed by atoms with Gasteiger partial charge in [0, 0.05) is 17.0 Å². The molecule has 0 saturated heterocycles. The average Bonchev–Trinajstić information content (AvgIpc) is 2.79. The molecule has 4 aromatic carbocycles. The Kier molecular flexibility index (Phi) is 6.98. The van der Waals surface area contributed by atoms with Gasteiger partial charge in [0.1, 0.15) is 18.1 Å². The maximum absolute atomic E-state index is 11.1. The van der Waals surface area contributed by atoms with E-state index in [1.807, 2.05) is 72.8 Å². The van der Waals surface area contributed by atoms with Gasteiger partial charge in [-0.1, -0.05) is 66.2 Å². The van der Waals surface area contributed by atoms with Crippen LogP contribution < -0.4 is 9.47 Å². The lowest BCUT2D eigenvalue weighted by Crippen LogP contribution is -2.11. The lowest BCUT2D eigenvalue weighted by atomic mass is 9.97. The minimum Gasteiger partial charge on any atom is -0.488 e. The Morgan fingerprint density at radius 1 is 0.906 bits per heavy atom. The van der Waals surface area contributed by atoms with Crippen molar-refractivity contribution in [2.75, 3.05) is 6.61 Å². The molecule has 0 aliphatic carbocycles. The Morgan fingerprint density at radius 3 is 2.41 bits per heavy atom. The first-order valence-electron chi connectivity index (χ1n) is 10.0. The number of carbonyl (C=O) groups is 1. The van der Waals surface area contributed by atoms with Crippen LogP contribution in [0.1, 0.15) is 16.7 Å². The zero-order valence-corrected chi connectivity index (χ0v) is 19.4. The van der Waals surface area contributed by atoms with Crippen LogP contribution in [0.2, 0.25) is 5.02 Å². The van der Waals surface area contributed by atoms with Crippen LogP contribution in [0.5, 0.6) is 11.5 Å². The van der Waals surface area contributed by atoms with E-state index in [0.717, 1.165) is 31.9 Å². The highest BCUT2D eigenvalue weighted by molar-refractivity contribution is 9.10. The van der Waals surface area contributed by atoms with Gasteiger partial charge in [-0.25, -0.2) is 4.79 Å². The van der Waals surface area contributed by atoms with Crippen LogP contribution in [-0.2, 0) is 17.8 Å². The molecule has 4 nitrogen and oxygen atoms in total. The molecule has 0 aliphatic heterocycles. The largest absolute Gasteiger partial charge is 0.488 e. The number of carboxylic acid groups (broad SMARTS) is 1. The number of hydrogen-bond acceptors (Lipinski definition) is 3. The standard InChI is InChI=1S/C26H20BrClO4/c27-22-13-18-10-11-24(32-16-26(29)30)21(12-19-8-4-5-9-23(19)28)20(18)14-25(22)31-15-17-6-2-1-3-7-17/h1-11,13-14H,12,15-16H2,(H,29,30). The first-order valence-corrected chi connectivity index (χ1v) is 11.2. The van der Waals surface area contributed by atoms with Gasteiger partial charge < -0.3 is 14.6 Å². The minimum absolute atomic E-state index is 0.422. The summed E-state index contributed by atoms with van der Waals surface area (Å²) in [6.45, 7) is 0.00885. The first kappa shape index (κ1) is 22.2. The van der Waals surface area contributed by atoms with E-state index in [9.17, 15) is 4.79 Å². The van der Waals surface area contributed by atoms with Gasteiger partial charge in [-0.3, -0.25) is 0 Å². The molecule has 32 heavy (non-hydrogen) atoms. The maximum atomic E-state index is 11.1. The topological polar surface area (TPSA) is 55.8 Å². The number of rotatable bonds is 8. The van der Waals surface area contributed by atoms with Gasteiger partial charge >= 0.3 is 5.97 Å². The van der Waals surface area contributed by atoms with Crippen molar-refractivity contribution in [1.29, 1.82) is 0 Å². The summed E-state index contributed by atoms with van der Waals surface area (Å²) >= 11 is 10.0. The SMILES string of the molecule is O=C(O)COc1ccc2cc(Br)c(OCc3ccccc3)cc2c1Cc1ccccc1Cl. The first-order chi connectivity index (χ1) is 15.5. The lowest BCUT2D eigenvalue weighted by Gasteiger charge is -2.16. The summed E-state index contributed by atoms with van der Waals surface area (Å²) in [6.07, 6.45) is 0.492. The molecule has 1 N–H and O–H groups in total. The van der Waals surface area contributed by atoms with Gasteiger partial charge in [0.05, 0.1) is 4.47 Å². The quantitative estimate of drug-likeness (QED) is 0.280. The molecule has 0 saturated carbocycles. The van der Waals surface area contributed by atoms with Crippen LogP contribution in [0.4, 0.5) is 0 Å². The summed E-state index contributed by atoms with van der Waals surface area (Å²) in [5.41, 5.74) is 2.85. The minimum atomic E-state index is -1.03. The van der Waals surface area contributed by atoms with Crippen LogP contribution in [0, 0.1) is 0 Å². The van der Waals surface area contributed by atoms with Crippen molar-refractivity contribution in [3.8, 4) is 11.5 Å². The summed E-state index contributed by atoms with van der Waals surface area (Å²) in [5, 5.41) is 11.6. The summed E-state index contributed by atoms with van der Waals surface area (Å²) in [7, 11) is 0. The molecule has 0 unspecified atom stereocenters. The highest BCUT2D eigenvalue weighted by Gasteiger charge is 2.15. The Morgan fingerprint density at radius 2 is 1.66 bits per heavy atom. The fraction of sp³-hybridized carbons (Fsp3) is 0.115. The van der Waals surface area contributed by atoms with E-state index in [4.69, 9.17) is 26.2 Å². The molecule has 0 aromatic heterocycles. The molecule has 0 heterocycles. The number of ether oxygens (including phenoxy) is 2. The lowest BCUT2D eigenvalue weighted by molar-refractivity contribution is -0.139. The molecule has 6 heteroatoms.